The van der Waals surface area contributed by atoms with E-state index in [-0.39, 0.29) is 83.3 Å². The van der Waals surface area contributed by atoms with E-state index in [9.17, 15) is 57.8 Å². The van der Waals surface area contributed by atoms with Crippen molar-refractivity contribution in [1.29, 1.82) is 0 Å². The van der Waals surface area contributed by atoms with Crippen molar-refractivity contribution >= 4 is 77.2 Å². The van der Waals surface area contributed by atoms with Crippen LogP contribution in [0, 0.1) is 0 Å². The third-order valence-corrected chi connectivity index (χ3v) is 10.9. The summed E-state index contributed by atoms with van der Waals surface area (Å²) in [5, 5.41) is 16.3. The maximum Gasteiger partial charge on any atom is 1.00 e. The van der Waals surface area contributed by atoms with Crippen LogP contribution in [0.2, 0.25) is 0 Å². The average molecular weight is 892 g/mol. The number of urea groups is 1. The molecule has 22 nitrogen and oxygen atoms in total. The number of benzene rings is 2. The Labute approximate surface area is 378 Å². The number of thioether (sulfide) groups is 1. The minimum Gasteiger partial charge on any atom is -0.548 e. The Hall–Kier alpha value is -6.04. The molecule has 0 bridgehead atoms. The molecule has 3 saturated heterocycles. The van der Waals surface area contributed by atoms with Gasteiger partial charge in [0.05, 0.1) is 22.3 Å². The van der Waals surface area contributed by atoms with Crippen LogP contribution in [0.1, 0.15) is 63.5 Å². The first-order chi connectivity index (χ1) is 28.6. The summed E-state index contributed by atoms with van der Waals surface area (Å²) in [7, 11) is 0. The third-order valence-electron chi connectivity index (χ3n) is 9.30. The van der Waals surface area contributed by atoms with Gasteiger partial charge in [-0.25, -0.2) is 9.59 Å². The van der Waals surface area contributed by atoms with Gasteiger partial charge in [-0.3, -0.25) is 43.3 Å². The van der Waals surface area contributed by atoms with Crippen LogP contribution >= 0.6 is 11.8 Å². The van der Waals surface area contributed by atoms with Crippen LogP contribution in [0.15, 0.2) is 36.4 Å². The standard InChI is InChI=1S/C38H39N5O17S.Na/c1-7-41-12-13-42(33(51)32(41)50)37(55)40-27(21-8-10-23(57-17(2)44)25(14-21)59-19(4)46)30(48)39-28-31(49)43-29(35(52)53)38(6,61-34(28)43)16-56-36(54)22-9-11-24(58-18(3)45)26(15-22)60-20(5)47;/h8-11,14-15,27-29,34H,7,12-13,16H2,1-6H3,(H,39,48)(H,40,55)(H,52,53);/q;+1/p-1/t27?,28-,29+,34-,38+;/m1./s1. The van der Waals surface area contributed by atoms with Gasteiger partial charge in [0.1, 0.15) is 24.1 Å². The molecule has 2 N–H and O–H groups in total. The van der Waals surface area contributed by atoms with Crippen LogP contribution in [0.4, 0.5) is 4.79 Å². The van der Waals surface area contributed by atoms with Gasteiger partial charge in [0.15, 0.2) is 23.0 Å². The van der Waals surface area contributed by atoms with E-state index in [4.69, 9.17) is 23.7 Å². The first-order valence-electron chi connectivity index (χ1n) is 18.3. The van der Waals surface area contributed by atoms with Gasteiger partial charge in [-0.05, 0) is 49.7 Å². The molecule has 2 aromatic carbocycles. The van der Waals surface area contributed by atoms with Crippen molar-refractivity contribution in [2.45, 2.75) is 69.8 Å². The van der Waals surface area contributed by atoms with E-state index in [0.29, 0.717) is 4.90 Å². The SMILES string of the molecule is CCN1CCN(C(=O)NC(C(=O)N[C@@H]2C(=O)N3[C@@H]2S[C@@](C)(COC(=O)c2ccc(OC(C)=O)c(OC(C)=O)c2)[C@@H]3C(=O)[O-])c2ccc(OC(C)=O)c(OC(C)=O)c2)C(=O)C1=O.[Na+]. The molecular formula is C38H38N5NaO17S. The van der Waals surface area contributed by atoms with Gasteiger partial charge >= 0.3 is 77.2 Å². The molecule has 6 amide bonds. The number of ether oxygens (including phenoxy) is 5. The average Bonchev–Trinajstić information content (AvgIpc) is 3.46. The molecule has 24 heteroatoms. The number of imide groups is 1. The number of fused-ring (bicyclic) bond motifs is 1. The minimum atomic E-state index is -1.79. The van der Waals surface area contributed by atoms with Crippen molar-refractivity contribution in [2.75, 3.05) is 26.2 Å². The zero-order valence-corrected chi connectivity index (χ0v) is 37.1. The number of nitrogens with zero attached hydrogens (tertiary/aromatic N) is 3. The Bertz CT molecular complexity index is 2260. The van der Waals surface area contributed by atoms with E-state index in [2.05, 4.69) is 10.6 Å². The summed E-state index contributed by atoms with van der Waals surface area (Å²) >= 11 is 0.852. The number of esters is 5. The number of aliphatic carboxylic acids is 1. The summed E-state index contributed by atoms with van der Waals surface area (Å²) < 4.78 is 24.2. The summed E-state index contributed by atoms with van der Waals surface area (Å²) in [6.45, 7) is 6.63. The molecule has 1 unspecified atom stereocenters. The number of hydrogen-bond acceptors (Lipinski definition) is 18. The molecule has 0 saturated carbocycles. The fraction of sp³-hybridized carbons (Fsp3) is 0.395. The van der Waals surface area contributed by atoms with Gasteiger partial charge in [0.2, 0.25) is 11.8 Å². The molecule has 0 radical (unpaired) electrons. The van der Waals surface area contributed by atoms with E-state index >= 15 is 0 Å². The van der Waals surface area contributed by atoms with E-state index in [1.807, 2.05) is 0 Å². The largest absolute Gasteiger partial charge is 1.00 e. The molecule has 5 rings (SSSR count). The normalized spacial score (nSPS) is 20.6. The zero-order valence-electron chi connectivity index (χ0n) is 34.3. The maximum absolute atomic E-state index is 14.1. The summed E-state index contributed by atoms with van der Waals surface area (Å²) in [6, 6.07) is 0.785. The quantitative estimate of drug-likeness (QED) is 0.0636. The number of carbonyl (C=O) groups excluding carboxylic acids is 11. The second-order valence-corrected chi connectivity index (χ2v) is 15.5. The van der Waals surface area contributed by atoms with Crippen LogP contribution in [-0.2, 0) is 47.9 Å². The Morgan fingerprint density at radius 3 is 1.90 bits per heavy atom. The van der Waals surface area contributed by atoms with Crippen molar-refractivity contribution in [3.63, 3.8) is 0 Å². The monoisotopic (exact) mass is 891 g/mol. The first-order valence-corrected chi connectivity index (χ1v) is 19.1. The molecule has 3 aliphatic rings. The third kappa shape index (κ3) is 10.5. The van der Waals surface area contributed by atoms with Gasteiger partial charge in [-0.15, -0.1) is 11.8 Å². The van der Waals surface area contributed by atoms with Crippen LogP contribution < -0.4 is 64.2 Å². The first kappa shape index (κ1) is 48.6. The fourth-order valence-electron chi connectivity index (χ4n) is 6.62. The van der Waals surface area contributed by atoms with Gasteiger partial charge in [0, 0.05) is 47.3 Å². The Balaban J connectivity index is 0.00000845. The van der Waals surface area contributed by atoms with Crippen molar-refractivity contribution in [2.24, 2.45) is 0 Å². The van der Waals surface area contributed by atoms with Gasteiger partial charge in [-0.1, -0.05) is 6.07 Å². The van der Waals surface area contributed by atoms with Gasteiger partial charge in [0.25, 0.3) is 0 Å². The van der Waals surface area contributed by atoms with Crippen LogP contribution in [-0.4, -0.2) is 129 Å². The van der Waals surface area contributed by atoms with Gasteiger partial charge in [-0.2, -0.15) is 0 Å². The number of nitrogens with one attached hydrogen (secondary N) is 2. The molecule has 3 aliphatic heterocycles. The molecule has 0 spiro atoms. The molecule has 62 heavy (non-hydrogen) atoms. The smallest absolute Gasteiger partial charge is 0.548 e. The number of carboxylic acids is 1. The minimum absolute atomic E-state index is 0. The number of rotatable bonds is 13. The van der Waals surface area contributed by atoms with Crippen LogP contribution in [0.3, 0.4) is 0 Å². The number of hydrogen-bond donors (Lipinski definition) is 2. The van der Waals surface area contributed by atoms with Crippen molar-refractivity contribution < 1.29 is 111 Å². The van der Waals surface area contributed by atoms with E-state index in [1.165, 1.54) is 30.0 Å². The van der Waals surface area contributed by atoms with E-state index in [1.54, 1.807) is 6.92 Å². The van der Waals surface area contributed by atoms with Crippen LogP contribution in [0.25, 0.3) is 0 Å². The molecule has 5 atom stereocenters. The second kappa shape index (κ2) is 19.8. The second-order valence-electron chi connectivity index (χ2n) is 13.8. The predicted molar refractivity (Wildman–Crippen MR) is 201 cm³/mol. The summed E-state index contributed by atoms with van der Waals surface area (Å²) in [4.78, 5) is 142. The molecular weight excluding hydrogens is 853 g/mol. The van der Waals surface area contributed by atoms with Gasteiger partial charge < -0.3 is 54.0 Å². The number of β-lactam (4-membered cyclic amide) rings is 1. The summed E-state index contributed by atoms with van der Waals surface area (Å²) in [5.74, 6) is -11.1. The number of likely N-dealkylation sites (N-methyl/N-ethyl adjacent to an activating group) is 1. The Morgan fingerprint density at radius 2 is 1.35 bits per heavy atom. The van der Waals surface area contributed by atoms with Crippen LogP contribution in [0.5, 0.6) is 23.0 Å². The van der Waals surface area contributed by atoms with E-state index < -0.39 is 100 Å². The summed E-state index contributed by atoms with van der Waals surface area (Å²) in [6.07, 6.45) is 0. The maximum atomic E-state index is 14.1. The number of carboxylic acid groups (broad SMARTS) is 1. The van der Waals surface area contributed by atoms with Crippen molar-refractivity contribution in [1.82, 2.24) is 25.3 Å². The zero-order chi connectivity index (χ0) is 45.1. The Kier molecular flexibility index (Phi) is 15.5. The molecule has 3 fully saturated rings. The number of piperazine rings is 1. The van der Waals surface area contributed by atoms with E-state index in [0.717, 1.165) is 62.6 Å². The molecule has 324 valence electrons. The molecule has 0 aromatic heterocycles. The topological polar surface area (TPSA) is 291 Å². The molecule has 0 aliphatic carbocycles. The van der Waals surface area contributed by atoms with Crippen molar-refractivity contribution in [3.8, 4) is 23.0 Å². The molecule has 2 aromatic rings. The van der Waals surface area contributed by atoms with Crippen molar-refractivity contribution in [3.05, 3.63) is 47.5 Å². The fourth-order valence-corrected chi connectivity index (χ4v) is 8.29. The predicted octanol–water partition coefficient (Wildman–Crippen LogP) is -4.03. The Morgan fingerprint density at radius 1 is 0.806 bits per heavy atom. The number of carbonyl (C=O) groups is 11. The summed E-state index contributed by atoms with van der Waals surface area (Å²) in [5.41, 5.74) is -0.300. The number of amides is 6. The molecule has 3 heterocycles.